The fraction of sp³-hybridized carbons (Fsp3) is 0.958. The molecule has 7 nitrogen and oxygen atoms in total. The quantitative estimate of drug-likeness (QED) is 0.127. The summed E-state index contributed by atoms with van der Waals surface area (Å²) in [5.74, 6) is -0.460. The van der Waals surface area contributed by atoms with Crippen molar-refractivity contribution in [2.24, 2.45) is 0 Å². The van der Waals surface area contributed by atoms with E-state index in [1.165, 1.54) is 77.0 Å². The number of unbranched alkanes of at least 4 members (excludes halogenated alkanes) is 14. The SMILES string of the molecule is CCCCCCCCCCCCCCCCCC(=O)OC[C@H](O)[C@H](O)[C@H](O)[C@H](O)CO. The molecule has 5 N–H and O–H groups in total. The van der Waals surface area contributed by atoms with Crippen LogP contribution in [0.5, 0.6) is 0 Å². The number of carbonyl (C=O) groups is 1. The normalized spacial score (nSPS) is 15.4. The van der Waals surface area contributed by atoms with Crippen molar-refractivity contribution < 1.29 is 35.1 Å². The molecule has 0 heterocycles. The zero-order chi connectivity index (χ0) is 23.3. The standard InChI is InChI=1S/C24H48O7/c1-2-3-4-5-6-7-8-9-10-11-12-13-14-15-16-17-22(28)31-19-21(27)24(30)23(29)20(26)18-25/h20-21,23-27,29-30H,2-19H2,1H3/t20-,21+,23-,24+/m1/s1. The molecule has 0 saturated carbocycles. The number of hydrogen-bond donors (Lipinski definition) is 5. The number of carbonyl (C=O) groups excluding carboxylic acids is 1. The molecule has 0 aromatic heterocycles. The van der Waals surface area contributed by atoms with Crippen molar-refractivity contribution in [1.29, 1.82) is 0 Å². The maximum atomic E-state index is 11.7. The molecular formula is C24H48O7. The maximum Gasteiger partial charge on any atom is 0.305 e. The molecule has 0 aromatic carbocycles. The molecule has 186 valence electrons. The molecule has 0 saturated heterocycles. The number of aliphatic hydroxyl groups excluding tert-OH is 5. The van der Waals surface area contributed by atoms with Gasteiger partial charge in [0, 0.05) is 6.42 Å². The first-order valence-corrected chi connectivity index (χ1v) is 12.4. The van der Waals surface area contributed by atoms with E-state index in [2.05, 4.69) is 6.92 Å². The third-order valence-corrected chi connectivity index (χ3v) is 5.72. The topological polar surface area (TPSA) is 127 Å². The van der Waals surface area contributed by atoms with E-state index in [9.17, 15) is 25.2 Å². The molecule has 4 atom stereocenters. The minimum atomic E-state index is -1.71. The molecule has 0 aliphatic carbocycles. The van der Waals surface area contributed by atoms with Gasteiger partial charge in [-0.2, -0.15) is 0 Å². The summed E-state index contributed by atoms with van der Waals surface area (Å²) in [6.07, 6.45) is 12.5. The minimum absolute atomic E-state index is 0.253. The van der Waals surface area contributed by atoms with Crippen LogP contribution in [0.3, 0.4) is 0 Å². The lowest BCUT2D eigenvalue weighted by molar-refractivity contribution is -0.156. The molecule has 0 aliphatic rings. The first-order chi connectivity index (χ1) is 14.9. The van der Waals surface area contributed by atoms with Crippen LogP contribution >= 0.6 is 0 Å². The lowest BCUT2D eigenvalue weighted by Crippen LogP contribution is -2.47. The fourth-order valence-electron chi connectivity index (χ4n) is 3.55. The maximum absolute atomic E-state index is 11.7. The average Bonchev–Trinajstić information content (AvgIpc) is 2.78. The van der Waals surface area contributed by atoms with Crippen LogP contribution in [0, 0.1) is 0 Å². The molecule has 0 spiro atoms. The summed E-state index contributed by atoms with van der Waals surface area (Å²) >= 11 is 0. The Morgan fingerprint density at radius 3 is 1.45 bits per heavy atom. The van der Waals surface area contributed by atoms with Crippen LogP contribution < -0.4 is 0 Å². The van der Waals surface area contributed by atoms with Crippen LogP contribution in [0.1, 0.15) is 110 Å². The Labute approximate surface area is 188 Å². The molecule has 0 radical (unpaired) electrons. The highest BCUT2D eigenvalue weighted by atomic mass is 16.5. The van der Waals surface area contributed by atoms with Gasteiger partial charge in [-0.25, -0.2) is 0 Å². The smallest absolute Gasteiger partial charge is 0.305 e. The van der Waals surface area contributed by atoms with Gasteiger partial charge in [0.05, 0.1) is 6.61 Å². The first kappa shape index (κ1) is 30.3. The number of aliphatic hydroxyl groups is 5. The van der Waals surface area contributed by atoms with E-state index in [0.717, 1.165) is 19.3 Å². The second-order valence-corrected chi connectivity index (χ2v) is 8.68. The Bertz CT molecular complexity index is 405. The van der Waals surface area contributed by atoms with Crippen molar-refractivity contribution in [1.82, 2.24) is 0 Å². The summed E-state index contributed by atoms with van der Waals surface area (Å²) in [6, 6.07) is 0. The second kappa shape index (κ2) is 21.1. The van der Waals surface area contributed by atoms with E-state index >= 15 is 0 Å². The van der Waals surface area contributed by atoms with Crippen molar-refractivity contribution >= 4 is 5.97 Å². The molecule has 0 aliphatic heterocycles. The van der Waals surface area contributed by atoms with Crippen LogP contribution in [0.25, 0.3) is 0 Å². The molecule has 0 amide bonds. The molecule has 0 rings (SSSR count). The number of ether oxygens (including phenoxy) is 1. The molecule has 0 bridgehead atoms. The summed E-state index contributed by atoms with van der Waals surface area (Å²) in [4.78, 5) is 11.7. The van der Waals surface area contributed by atoms with Gasteiger partial charge in [-0.15, -0.1) is 0 Å². The number of rotatable bonds is 22. The summed E-state index contributed by atoms with van der Waals surface area (Å²) < 4.78 is 4.90. The molecule has 7 heteroatoms. The zero-order valence-electron chi connectivity index (χ0n) is 19.6. The zero-order valence-corrected chi connectivity index (χ0v) is 19.6. The monoisotopic (exact) mass is 448 g/mol. The van der Waals surface area contributed by atoms with Gasteiger partial charge in [0.25, 0.3) is 0 Å². The van der Waals surface area contributed by atoms with Gasteiger partial charge in [-0.1, -0.05) is 96.8 Å². The molecule has 0 unspecified atom stereocenters. The van der Waals surface area contributed by atoms with Crippen LogP contribution in [-0.2, 0) is 9.53 Å². The highest BCUT2D eigenvalue weighted by Crippen LogP contribution is 2.14. The van der Waals surface area contributed by atoms with E-state index < -0.39 is 43.6 Å². The van der Waals surface area contributed by atoms with Crippen LogP contribution in [0.4, 0.5) is 0 Å². The van der Waals surface area contributed by atoms with E-state index in [1.54, 1.807) is 0 Å². The van der Waals surface area contributed by atoms with Gasteiger partial charge in [0.15, 0.2) is 0 Å². The second-order valence-electron chi connectivity index (χ2n) is 8.68. The van der Waals surface area contributed by atoms with Crippen LogP contribution in [0.15, 0.2) is 0 Å². The summed E-state index contributed by atoms with van der Waals surface area (Å²) in [7, 11) is 0. The Morgan fingerprint density at radius 1 is 0.645 bits per heavy atom. The largest absolute Gasteiger partial charge is 0.463 e. The number of hydrogen-bond acceptors (Lipinski definition) is 7. The highest BCUT2D eigenvalue weighted by Gasteiger charge is 2.30. The Balaban J connectivity index is 3.46. The fourth-order valence-corrected chi connectivity index (χ4v) is 3.55. The molecule has 31 heavy (non-hydrogen) atoms. The van der Waals surface area contributed by atoms with E-state index in [0.29, 0.717) is 0 Å². The molecular weight excluding hydrogens is 400 g/mol. The van der Waals surface area contributed by atoms with Gasteiger partial charge in [0.1, 0.15) is 31.0 Å². The van der Waals surface area contributed by atoms with Crippen LogP contribution in [0.2, 0.25) is 0 Å². The van der Waals surface area contributed by atoms with Crippen molar-refractivity contribution in [2.75, 3.05) is 13.2 Å². The molecule has 0 aromatic rings. The third kappa shape index (κ3) is 17.5. The van der Waals surface area contributed by atoms with Crippen molar-refractivity contribution in [3.8, 4) is 0 Å². The Kier molecular flexibility index (Phi) is 20.6. The van der Waals surface area contributed by atoms with E-state index in [-0.39, 0.29) is 6.42 Å². The molecule has 0 fully saturated rings. The Hall–Kier alpha value is -0.730. The van der Waals surface area contributed by atoms with E-state index in [4.69, 9.17) is 9.84 Å². The van der Waals surface area contributed by atoms with Gasteiger partial charge >= 0.3 is 5.97 Å². The van der Waals surface area contributed by atoms with Gasteiger partial charge < -0.3 is 30.3 Å². The third-order valence-electron chi connectivity index (χ3n) is 5.72. The minimum Gasteiger partial charge on any atom is -0.463 e. The lowest BCUT2D eigenvalue weighted by Gasteiger charge is -2.25. The predicted molar refractivity (Wildman–Crippen MR) is 122 cm³/mol. The van der Waals surface area contributed by atoms with Gasteiger partial charge in [-0.05, 0) is 6.42 Å². The van der Waals surface area contributed by atoms with Crippen LogP contribution in [-0.4, -0.2) is 69.1 Å². The summed E-state index contributed by atoms with van der Waals surface area (Å²) in [5, 5.41) is 46.8. The van der Waals surface area contributed by atoms with E-state index in [1.807, 2.05) is 0 Å². The summed E-state index contributed by atoms with van der Waals surface area (Å²) in [6.45, 7) is 1.04. The van der Waals surface area contributed by atoms with Crippen molar-refractivity contribution in [3.63, 3.8) is 0 Å². The predicted octanol–water partition coefficient (Wildman–Crippen LogP) is 3.23. The van der Waals surface area contributed by atoms with Crippen molar-refractivity contribution in [2.45, 2.75) is 134 Å². The Morgan fingerprint density at radius 2 is 1.03 bits per heavy atom. The van der Waals surface area contributed by atoms with Gasteiger partial charge in [0.2, 0.25) is 0 Å². The lowest BCUT2D eigenvalue weighted by atomic mass is 10.0. The highest BCUT2D eigenvalue weighted by molar-refractivity contribution is 5.69. The average molecular weight is 449 g/mol. The summed E-state index contributed by atoms with van der Waals surface area (Å²) in [5.41, 5.74) is 0. The number of esters is 1. The first-order valence-electron chi connectivity index (χ1n) is 12.4. The van der Waals surface area contributed by atoms with Gasteiger partial charge in [-0.3, -0.25) is 4.79 Å². The van der Waals surface area contributed by atoms with Crippen molar-refractivity contribution in [3.05, 3.63) is 0 Å².